The molecule has 13 nitrogen and oxygen atoms in total. The third-order valence-electron chi connectivity index (χ3n) is 15.9. The minimum atomic E-state index is -3.99. The van der Waals surface area contributed by atoms with Crippen molar-refractivity contribution in [3.63, 3.8) is 0 Å². The predicted octanol–water partition coefficient (Wildman–Crippen LogP) is 6.98. The maximum Gasteiger partial charge on any atom is 0.306 e. The second-order valence-corrected chi connectivity index (χ2v) is 22.7. The van der Waals surface area contributed by atoms with Crippen LogP contribution < -0.4 is 14.2 Å². The highest BCUT2D eigenvalue weighted by molar-refractivity contribution is 7.91. The molecule has 3 aliphatic heterocycles. The van der Waals surface area contributed by atoms with Gasteiger partial charge in [-0.1, -0.05) is 44.2 Å². The molecule has 2 bridgehead atoms. The smallest absolute Gasteiger partial charge is 0.306 e. The molecule has 9 rings (SSSR count). The summed E-state index contributed by atoms with van der Waals surface area (Å²) < 4.78 is 63.4. The summed E-state index contributed by atoms with van der Waals surface area (Å²) in [5.41, 5.74) is -0.486. The Morgan fingerprint density at radius 2 is 1.72 bits per heavy atom. The average molecular weight is 905 g/mol. The molecule has 7 aliphatic rings. The Morgan fingerprint density at radius 1 is 1.00 bits per heavy atom. The summed E-state index contributed by atoms with van der Waals surface area (Å²) in [6, 6.07) is 3.82. The number of Topliss-reactive ketones (excluding diaryl/α,β-unsaturated/α-hetero) is 1. The number of halogens is 1. The van der Waals surface area contributed by atoms with Gasteiger partial charge in [-0.25, -0.2) is 17.8 Å². The summed E-state index contributed by atoms with van der Waals surface area (Å²) in [6.45, 7) is 7.22. The average Bonchev–Trinajstić information content (AvgIpc) is 4.24. The highest BCUT2D eigenvalue weighted by Crippen LogP contribution is 2.57. The zero-order valence-electron chi connectivity index (χ0n) is 37.5. The molecule has 0 radical (unpaired) electrons. The number of hydrogen-bond donors (Lipinski definition) is 1. The van der Waals surface area contributed by atoms with Crippen LogP contribution in [0.2, 0.25) is 0 Å². The Bertz CT molecular complexity index is 2270. The number of carbonyl (C=O) groups excluding carboxylic acids is 4. The van der Waals surface area contributed by atoms with Crippen molar-refractivity contribution in [2.45, 2.75) is 158 Å². The second kappa shape index (κ2) is 17.9. The van der Waals surface area contributed by atoms with Gasteiger partial charge in [-0.05, 0) is 114 Å². The fourth-order valence-corrected chi connectivity index (χ4v) is 12.4. The third-order valence-corrected chi connectivity index (χ3v) is 18.0. The van der Waals surface area contributed by atoms with Crippen LogP contribution in [-0.4, -0.2) is 103 Å². The maximum absolute atomic E-state index is 15.8. The number of allylic oxidation sites excluding steroid dienone is 1. The fourth-order valence-electron chi connectivity index (χ4n) is 11.1. The lowest BCUT2D eigenvalue weighted by Crippen LogP contribution is -2.48. The van der Waals surface area contributed by atoms with E-state index in [-0.39, 0.29) is 73.6 Å². The van der Waals surface area contributed by atoms with Crippen molar-refractivity contribution in [1.82, 2.24) is 19.5 Å². The van der Waals surface area contributed by atoms with E-state index in [1.54, 1.807) is 24.0 Å². The number of fused-ring (bicyclic) bond motifs is 5. The number of benzene rings is 1. The van der Waals surface area contributed by atoms with Gasteiger partial charge in [-0.3, -0.25) is 23.9 Å². The van der Waals surface area contributed by atoms with E-state index in [9.17, 15) is 22.8 Å². The zero-order chi connectivity index (χ0) is 45.0. The van der Waals surface area contributed by atoms with Crippen molar-refractivity contribution in [3.8, 4) is 11.6 Å². The second-order valence-electron chi connectivity index (χ2n) is 20.5. The summed E-state index contributed by atoms with van der Waals surface area (Å²) in [5, 5.41) is 0.570. The van der Waals surface area contributed by atoms with Crippen molar-refractivity contribution in [2.24, 2.45) is 29.1 Å². The van der Waals surface area contributed by atoms with E-state index in [2.05, 4.69) is 23.2 Å². The number of pyridine rings is 1. The number of nitrogens with zero attached hydrogens (tertiary/aromatic N) is 3. The van der Waals surface area contributed by atoms with Gasteiger partial charge in [-0.15, -0.1) is 6.58 Å². The van der Waals surface area contributed by atoms with Crippen LogP contribution in [0.3, 0.4) is 0 Å². The highest BCUT2D eigenvalue weighted by Gasteiger charge is 2.62. The molecule has 2 aromatic rings. The van der Waals surface area contributed by atoms with Gasteiger partial charge in [0.25, 0.3) is 0 Å². The van der Waals surface area contributed by atoms with E-state index in [1.165, 1.54) is 6.07 Å². The van der Waals surface area contributed by atoms with E-state index in [0.29, 0.717) is 30.4 Å². The highest BCUT2D eigenvalue weighted by atomic mass is 32.2. The van der Waals surface area contributed by atoms with Crippen LogP contribution >= 0.6 is 0 Å². The van der Waals surface area contributed by atoms with Gasteiger partial charge < -0.3 is 24.0 Å². The number of carbonyl (C=O) groups is 4. The maximum atomic E-state index is 15.8. The van der Waals surface area contributed by atoms with Gasteiger partial charge in [0, 0.05) is 31.3 Å². The van der Waals surface area contributed by atoms with Crippen LogP contribution in [-0.2, 0) is 40.4 Å². The molecule has 0 spiro atoms. The van der Waals surface area contributed by atoms with Crippen molar-refractivity contribution in [2.75, 3.05) is 26.7 Å². The Kier molecular flexibility index (Phi) is 12.6. The molecule has 2 saturated heterocycles. The molecule has 4 saturated carbocycles. The zero-order valence-corrected chi connectivity index (χ0v) is 38.3. The number of sulfonamides is 1. The monoisotopic (exact) mass is 904 g/mol. The number of piperidine rings is 1. The van der Waals surface area contributed by atoms with E-state index in [0.717, 1.165) is 95.7 Å². The molecule has 1 aromatic heterocycles. The van der Waals surface area contributed by atoms with Gasteiger partial charge >= 0.3 is 5.97 Å². The first-order valence-corrected chi connectivity index (χ1v) is 25.5. The molecule has 2 amide bonds. The first kappa shape index (κ1) is 45.1. The van der Waals surface area contributed by atoms with Gasteiger partial charge in [0.15, 0.2) is 5.78 Å². The lowest BCUT2D eigenvalue weighted by atomic mass is 9.77. The SMILES string of the molecule is C=C[C@@H]1CC1(CC(=O)[C@@H]1C[C@@H]2CN1C(=O)[C@H](C1CCCCC1)CC(=O)O[C@@H]1C[C@H]1CCCCCc1c(nc3c(F)cccc3c1OC1CCN(C)CC1)O2)C(=O)NS(=O)(=O)C1(C)CC1. The van der Waals surface area contributed by atoms with Gasteiger partial charge in [-0.2, -0.15) is 0 Å². The molecule has 1 unspecified atom stereocenters. The van der Waals surface area contributed by atoms with Crippen molar-refractivity contribution in [1.29, 1.82) is 0 Å². The number of ketones is 1. The lowest BCUT2D eigenvalue weighted by Gasteiger charge is -2.34. The number of amides is 2. The normalized spacial score (nSPS) is 31.6. The Hall–Kier alpha value is -4.11. The van der Waals surface area contributed by atoms with Crippen LogP contribution in [0.4, 0.5) is 4.39 Å². The number of likely N-dealkylation sites (tertiary alicyclic amines) is 1. The van der Waals surface area contributed by atoms with E-state index >= 15 is 9.18 Å². The van der Waals surface area contributed by atoms with Gasteiger partial charge in [0.2, 0.25) is 27.7 Å². The summed E-state index contributed by atoms with van der Waals surface area (Å²) in [6.07, 6.45) is 12.3. The first-order chi connectivity index (χ1) is 30.7. The van der Waals surface area contributed by atoms with Crippen molar-refractivity contribution < 1.29 is 46.2 Å². The number of hydrogen-bond acceptors (Lipinski definition) is 11. The van der Waals surface area contributed by atoms with E-state index in [1.807, 2.05) is 6.07 Å². The molecule has 15 heteroatoms. The van der Waals surface area contributed by atoms with Crippen LogP contribution in [0.15, 0.2) is 30.9 Å². The first-order valence-electron chi connectivity index (χ1n) is 24.0. The molecule has 4 heterocycles. The number of rotatable bonds is 10. The minimum absolute atomic E-state index is 0.00337. The number of ether oxygens (including phenoxy) is 3. The third kappa shape index (κ3) is 9.18. The number of esters is 1. The molecule has 7 atom stereocenters. The predicted molar refractivity (Wildman–Crippen MR) is 237 cm³/mol. The molecule has 4 aliphatic carbocycles. The number of nitrogens with one attached hydrogen (secondary N) is 1. The van der Waals surface area contributed by atoms with E-state index in [4.69, 9.17) is 19.2 Å². The Balaban J connectivity index is 1.08. The Labute approximate surface area is 376 Å². The van der Waals surface area contributed by atoms with Crippen LogP contribution in [0.25, 0.3) is 10.9 Å². The summed E-state index contributed by atoms with van der Waals surface area (Å²) >= 11 is 0. The summed E-state index contributed by atoms with van der Waals surface area (Å²) in [7, 11) is -1.90. The number of aromatic nitrogens is 1. The topological polar surface area (TPSA) is 162 Å². The molecule has 1 N–H and O–H groups in total. The lowest BCUT2D eigenvalue weighted by molar-refractivity contribution is -0.153. The molecular weight excluding hydrogens is 840 g/mol. The van der Waals surface area contributed by atoms with E-state index < -0.39 is 67.6 Å². The molecule has 348 valence electrons. The molecule has 64 heavy (non-hydrogen) atoms. The quantitative estimate of drug-likeness (QED) is 0.194. The Morgan fingerprint density at radius 3 is 2.42 bits per heavy atom. The minimum Gasteiger partial charge on any atom is -0.489 e. The molecular formula is C49H65FN4O9S. The largest absolute Gasteiger partial charge is 0.489 e. The number of para-hydroxylation sites is 1. The molecule has 6 fully saturated rings. The fraction of sp³-hybridized carbons (Fsp3) is 0.694. The van der Waals surface area contributed by atoms with Crippen molar-refractivity contribution >= 4 is 44.5 Å². The van der Waals surface area contributed by atoms with Crippen LogP contribution in [0.5, 0.6) is 11.6 Å². The van der Waals surface area contributed by atoms with Crippen LogP contribution in [0.1, 0.15) is 128 Å². The van der Waals surface area contributed by atoms with Crippen LogP contribution in [0, 0.1) is 34.9 Å². The van der Waals surface area contributed by atoms with Crippen molar-refractivity contribution in [3.05, 3.63) is 42.2 Å². The standard InChI is InChI=1S/C49H65FN4O9S/c1-4-32-27-49(32,47(58)52-64(59,60)48(2)20-21-48)28-40(55)39-25-34-29-54(39)46(57)37(30-12-7-5-8-13-30)26-42(56)63-41-24-31(41)14-9-6-10-15-36-44(61-33-18-22-53(3)23-19-33)35-16-11-17-38(50)43(35)51-45(36)62-34/h4,11,16-17,30-34,37,39,41H,1,5-10,12-15,18-29H2,2-3H3,(H,52,58)/t31-,32-,34-,37+,39+,41-,49?/m1/s1. The molecule has 1 aromatic carbocycles. The summed E-state index contributed by atoms with van der Waals surface area (Å²) in [4.78, 5) is 66.4. The summed E-state index contributed by atoms with van der Waals surface area (Å²) in [5.74, 6) is -2.57. The van der Waals surface area contributed by atoms with Gasteiger partial charge in [0.1, 0.15) is 35.4 Å². The van der Waals surface area contributed by atoms with Gasteiger partial charge in [0.05, 0.1) is 40.7 Å².